The number of carbonyl (C=O) groups is 1. The van der Waals surface area contributed by atoms with Crippen LogP contribution in [0, 0.1) is 0 Å². The fourth-order valence-corrected chi connectivity index (χ4v) is 2.62. The van der Waals surface area contributed by atoms with Gasteiger partial charge >= 0.3 is 0 Å². The zero-order chi connectivity index (χ0) is 16.2. The van der Waals surface area contributed by atoms with Crippen molar-refractivity contribution in [3.63, 3.8) is 0 Å². The molecule has 0 aromatic rings. The average Bonchev–Trinajstić information content (AvgIpc) is 2.53. The Morgan fingerprint density at radius 2 is 1.95 bits per heavy atom. The topological polar surface area (TPSA) is 55.1 Å². The molecule has 0 aliphatic carbocycles. The molecule has 3 nitrogen and oxygen atoms in total. The zero-order valence-electron chi connectivity index (χ0n) is 14.4. The summed E-state index contributed by atoms with van der Waals surface area (Å²) in [6, 6.07) is 1.20. The SMILES string of the molecule is C=O.CC.CCCCCC(C)NC.NC1CCCSC1. The van der Waals surface area contributed by atoms with E-state index < -0.39 is 0 Å². The molecule has 3 N–H and O–H groups in total. The van der Waals surface area contributed by atoms with Crippen LogP contribution in [0.25, 0.3) is 0 Å². The smallest absolute Gasteiger partial charge is 0.106 e. The Hall–Kier alpha value is -0.0600. The van der Waals surface area contributed by atoms with Gasteiger partial charge in [0, 0.05) is 17.8 Å². The highest BCUT2D eigenvalue weighted by atomic mass is 32.2. The average molecular weight is 307 g/mol. The van der Waals surface area contributed by atoms with Crippen LogP contribution in [-0.4, -0.2) is 37.4 Å². The van der Waals surface area contributed by atoms with E-state index in [1.807, 2.05) is 39.4 Å². The largest absolute Gasteiger partial charge is 0.327 e. The van der Waals surface area contributed by atoms with E-state index in [4.69, 9.17) is 10.5 Å². The summed E-state index contributed by atoms with van der Waals surface area (Å²) in [5, 5.41) is 3.22. The lowest BCUT2D eigenvalue weighted by Crippen LogP contribution is -2.25. The fourth-order valence-electron chi connectivity index (χ4n) is 1.61. The molecule has 124 valence electrons. The monoisotopic (exact) mass is 306 g/mol. The molecule has 4 heteroatoms. The molecule has 20 heavy (non-hydrogen) atoms. The van der Waals surface area contributed by atoms with Crippen molar-refractivity contribution in [2.45, 2.75) is 78.3 Å². The van der Waals surface area contributed by atoms with Gasteiger partial charge in [-0.3, -0.25) is 0 Å². The van der Waals surface area contributed by atoms with Crippen molar-refractivity contribution in [2.24, 2.45) is 5.73 Å². The minimum absolute atomic E-state index is 0.499. The van der Waals surface area contributed by atoms with Crippen LogP contribution in [0.4, 0.5) is 0 Å². The molecule has 1 aliphatic rings. The van der Waals surface area contributed by atoms with Crippen LogP contribution in [-0.2, 0) is 4.79 Å². The normalized spacial score (nSPS) is 18.2. The summed E-state index contributed by atoms with van der Waals surface area (Å²) in [7, 11) is 2.02. The number of nitrogens with one attached hydrogen (secondary N) is 1. The van der Waals surface area contributed by atoms with Crippen molar-refractivity contribution in [3.8, 4) is 0 Å². The number of hydrogen-bond donors (Lipinski definition) is 2. The number of nitrogens with two attached hydrogens (primary N) is 1. The second-order valence-corrected chi connectivity index (χ2v) is 5.81. The molecular weight excluding hydrogens is 268 g/mol. The highest BCUT2D eigenvalue weighted by Crippen LogP contribution is 2.14. The van der Waals surface area contributed by atoms with E-state index in [1.165, 1.54) is 50.0 Å². The maximum absolute atomic E-state index is 8.00. The lowest BCUT2D eigenvalue weighted by Gasteiger charge is -2.15. The van der Waals surface area contributed by atoms with Gasteiger partial charge in [-0.1, -0.05) is 40.0 Å². The summed E-state index contributed by atoms with van der Waals surface area (Å²) >= 11 is 1.98. The molecule has 1 aliphatic heterocycles. The van der Waals surface area contributed by atoms with Crippen LogP contribution >= 0.6 is 11.8 Å². The van der Waals surface area contributed by atoms with Gasteiger partial charge in [-0.25, -0.2) is 0 Å². The van der Waals surface area contributed by atoms with Crippen LogP contribution in [0.15, 0.2) is 0 Å². The summed E-state index contributed by atoms with van der Waals surface area (Å²) in [4.78, 5) is 8.00. The molecule has 0 saturated carbocycles. The van der Waals surface area contributed by atoms with Crippen LogP contribution in [0.3, 0.4) is 0 Å². The van der Waals surface area contributed by atoms with Crippen molar-refractivity contribution in [3.05, 3.63) is 0 Å². The summed E-state index contributed by atoms with van der Waals surface area (Å²) in [5.74, 6) is 2.51. The lowest BCUT2D eigenvalue weighted by molar-refractivity contribution is -0.0979. The fraction of sp³-hybridized carbons (Fsp3) is 0.938. The second kappa shape index (κ2) is 24.0. The van der Waals surface area contributed by atoms with Crippen molar-refractivity contribution in [1.29, 1.82) is 0 Å². The van der Waals surface area contributed by atoms with E-state index in [0.717, 1.165) is 0 Å². The number of unbranched alkanes of at least 4 members (excludes halogenated alkanes) is 2. The van der Waals surface area contributed by atoms with Gasteiger partial charge in [0.05, 0.1) is 0 Å². The van der Waals surface area contributed by atoms with E-state index in [1.54, 1.807) is 0 Å². The van der Waals surface area contributed by atoms with Gasteiger partial charge < -0.3 is 15.8 Å². The first kappa shape index (κ1) is 24.9. The maximum Gasteiger partial charge on any atom is 0.106 e. The van der Waals surface area contributed by atoms with Gasteiger partial charge in [-0.2, -0.15) is 11.8 Å². The van der Waals surface area contributed by atoms with Crippen LogP contribution in [0.5, 0.6) is 0 Å². The number of thioether (sulfide) groups is 1. The summed E-state index contributed by atoms with van der Waals surface area (Å²) in [6.45, 7) is 10.5. The zero-order valence-corrected chi connectivity index (χ0v) is 15.2. The minimum atomic E-state index is 0.499. The lowest BCUT2D eigenvalue weighted by atomic mass is 10.1. The first-order chi connectivity index (χ1) is 9.70. The van der Waals surface area contributed by atoms with E-state index >= 15 is 0 Å². The third kappa shape index (κ3) is 23.1. The van der Waals surface area contributed by atoms with Crippen LogP contribution < -0.4 is 11.1 Å². The first-order valence-corrected chi connectivity index (χ1v) is 9.15. The first-order valence-electron chi connectivity index (χ1n) is 8.00. The molecule has 2 atom stereocenters. The van der Waals surface area contributed by atoms with Crippen molar-refractivity contribution < 1.29 is 4.79 Å². The molecule has 1 rings (SSSR count). The Morgan fingerprint density at radius 3 is 2.25 bits per heavy atom. The molecule has 2 unspecified atom stereocenters. The Kier molecular flexibility index (Phi) is 29.9. The van der Waals surface area contributed by atoms with Gasteiger partial charge in [-0.15, -0.1) is 0 Å². The molecule has 1 fully saturated rings. The van der Waals surface area contributed by atoms with E-state index in [0.29, 0.717) is 12.1 Å². The number of rotatable bonds is 5. The summed E-state index contributed by atoms with van der Waals surface area (Å²) in [5.41, 5.74) is 5.61. The van der Waals surface area contributed by atoms with Gasteiger partial charge in [0.15, 0.2) is 0 Å². The van der Waals surface area contributed by atoms with Crippen molar-refractivity contribution >= 4 is 18.6 Å². The molecule has 0 aromatic carbocycles. The quantitative estimate of drug-likeness (QED) is 0.757. The molecule has 1 heterocycles. The molecule has 0 radical (unpaired) electrons. The van der Waals surface area contributed by atoms with E-state index in [9.17, 15) is 0 Å². The van der Waals surface area contributed by atoms with Gasteiger partial charge in [0.25, 0.3) is 0 Å². The Balaban J connectivity index is -0.000000234. The Morgan fingerprint density at radius 1 is 1.35 bits per heavy atom. The van der Waals surface area contributed by atoms with Crippen LogP contribution in [0.2, 0.25) is 0 Å². The van der Waals surface area contributed by atoms with Gasteiger partial charge in [0.1, 0.15) is 6.79 Å². The molecule has 0 amide bonds. The predicted molar refractivity (Wildman–Crippen MR) is 95.7 cm³/mol. The highest BCUT2D eigenvalue weighted by Gasteiger charge is 2.06. The van der Waals surface area contributed by atoms with Crippen LogP contribution in [0.1, 0.15) is 66.2 Å². The van der Waals surface area contributed by atoms with E-state index in [-0.39, 0.29) is 0 Å². The Bertz CT molecular complexity index is 153. The molecular formula is C16H38N2OS. The van der Waals surface area contributed by atoms with Gasteiger partial charge in [-0.05, 0) is 39.0 Å². The molecule has 0 aromatic heterocycles. The minimum Gasteiger partial charge on any atom is -0.327 e. The number of carbonyl (C=O) groups excluding carboxylic acids is 1. The summed E-state index contributed by atoms with van der Waals surface area (Å²) in [6.07, 6.45) is 7.98. The number of hydrogen-bond acceptors (Lipinski definition) is 4. The van der Waals surface area contributed by atoms with E-state index in [2.05, 4.69) is 19.2 Å². The predicted octanol–water partition coefficient (Wildman–Crippen LogP) is 3.86. The highest BCUT2D eigenvalue weighted by molar-refractivity contribution is 7.99. The second-order valence-electron chi connectivity index (χ2n) is 4.66. The standard InChI is InChI=1S/C8H19N.C5H11NS.C2H6.CH2O/c1-4-5-6-7-8(2)9-3;6-5-2-1-3-7-4-5;2*1-2/h8-9H,4-7H2,1-3H3;5H,1-4,6H2;1-2H3;1H2. The van der Waals surface area contributed by atoms with Gasteiger partial charge in [0.2, 0.25) is 0 Å². The summed E-state index contributed by atoms with van der Waals surface area (Å²) < 4.78 is 0. The molecule has 1 saturated heterocycles. The molecule has 0 bridgehead atoms. The van der Waals surface area contributed by atoms with Crippen molar-refractivity contribution in [2.75, 3.05) is 18.6 Å². The third-order valence-electron chi connectivity index (χ3n) is 2.93. The third-order valence-corrected chi connectivity index (χ3v) is 4.17. The Labute approximate surface area is 131 Å². The van der Waals surface area contributed by atoms with Crippen molar-refractivity contribution in [1.82, 2.24) is 5.32 Å². The molecule has 0 spiro atoms. The maximum atomic E-state index is 8.00.